The molecule has 108 valence electrons. The summed E-state index contributed by atoms with van der Waals surface area (Å²) in [6.45, 7) is 9.09. The molecule has 0 radical (unpaired) electrons. The number of hydrogen-bond acceptors (Lipinski definition) is 3. The lowest BCUT2D eigenvalue weighted by molar-refractivity contribution is 0.305. The van der Waals surface area contributed by atoms with E-state index in [4.69, 9.17) is 4.74 Å². The Morgan fingerprint density at radius 3 is 2.55 bits per heavy atom. The number of ether oxygens (including phenoxy) is 1. The standard InChI is InChI=1S/C17H23NOS/c1-4-7-18-11-15-9-13(2)17(14(3)10-15)19-12-16-6-5-8-20-16/h5-6,8-10,18H,4,7,11-12H2,1-3H3. The van der Waals surface area contributed by atoms with Gasteiger partial charge in [-0.3, -0.25) is 0 Å². The zero-order valence-electron chi connectivity index (χ0n) is 12.5. The first-order chi connectivity index (χ1) is 9.70. The van der Waals surface area contributed by atoms with Crippen LogP contribution in [0.15, 0.2) is 29.6 Å². The minimum absolute atomic E-state index is 0.660. The van der Waals surface area contributed by atoms with Crippen LogP contribution in [-0.2, 0) is 13.2 Å². The van der Waals surface area contributed by atoms with Crippen LogP contribution in [0.1, 0.15) is 34.9 Å². The normalized spacial score (nSPS) is 10.8. The van der Waals surface area contributed by atoms with Crippen LogP contribution in [0.4, 0.5) is 0 Å². The fourth-order valence-corrected chi connectivity index (χ4v) is 2.93. The van der Waals surface area contributed by atoms with Gasteiger partial charge in [0.15, 0.2) is 0 Å². The highest BCUT2D eigenvalue weighted by Crippen LogP contribution is 2.26. The monoisotopic (exact) mass is 289 g/mol. The Kier molecular flexibility index (Phi) is 5.62. The number of rotatable bonds is 7. The Labute approximate surface area is 125 Å². The van der Waals surface area contributed by atoms with Crippen molar-refractivity contribution in [3.63, 3.8) is 0 Å². The second-order valence-electron chi connectivity index (χ2n) is 5.10. The van der Waals surface area contributed by atoms with Gasteiger partial charge in [-0.25, -0.2) is 0 Å². The lowest BCUT2D eigenvalue weighted by Crippen LogP contribution is -2.14. The van der Waals surface area contributed by atoms with Crippen LogP contribution in [0.25, 0.3) is 0 Å². The molecular weight excluding hydrogens is 266 g/mol. The molecule has 1 N–H and O–H groups in total. The Morgan fingerprint density at radius 2 is 1.95 bits per heavy atom. The average Bonchev–Trinajstić information content (AvgIpc) is 2.91. The molecule has 0 amide bonds. The van der Waals surface area contributed by atoms with Crippen molar-refractivity contribution in [1.82, 2.24) is 5.32 Å². The van der Waals surface area contributed by atoms with E-state index in [0.29, 0.717) is 6.61 Å². The van der Waals surface area contributed by atoms with E-state index in [0.717, 1.165) is 18.8 Å². The quantitative estimate of drug-likeness (QED) is 0.761. The summed E-state index contributed by atoms with van der Waals surface area (Å²) in [4.78, 5) is 1.26. The molecule has 0 fully saturated rings. The van der Waals surface area contributed by atoms with Crippen molar-refractivity contribution in [2.24, 2.45) is 0 Å². The molecule has 0 saturated heterocycles. The third-order valence-corrected chi connectivity index (χ3v) is 4.06. The van der Waals surface area contributed by atoms with E-state index in [2.05, 4.69) is 55.7 Å². The molecule has 0 aliphatic heterocycles. The van der Waals surface area contributed by atoms with Crippen molar-refractivity contribution in [2.45, 2.75) is 40.3 Å². The van der Waals surface area contributed by atoms with Gasteiger partial charge in [-0.15, -0.1) is 11.3 Å². The highest BCUT2D eigenvalue weighted by atomic mass is 32.1. The smallest absolute Gasteiger partial charge is 0.125 e. The van der Waals surface area contributed by atoms with Crippen molar-refractivity contribution in [3.05, 3.63) is 51.2 Å². The van der Waals surface area contributed by atoms with Gasteiger partial charge in [0.25, 0.3) is 0 Å². The van der Waals surface area contributed by atoms with E-state index in [1.165, 1.54) is 28.0 Å². The first kappa shape index (κ1) is 15.1. The van der Waals surface area contributed by atoms with Gasteiger partial charge in [0.2, 0.25) is 0 Å². The van der Waals surface area contributed by atoms with E-state index in [-0.39, 0.29) is 0 Å². The minimum atomic E-state index is 0.660. The number of thiophene rings is 1. The minimum Gasteiger partial charge on any atom is -0.488 e. The summed E-state index contributed by atoms with van der Waals surface area (Å²) in [6.07, 6.45) is 1.17. The maximum Gasteiger partial charge on any atom is 0.125 e. The fourth-order valence-electron chi connectivity index (χ4n) is 2.32. The van der Waals surface area contributed by atoms with Crippen molar-refractivity contribution in [1.29, 1.82) is 0 Å². The SMILES string of the molecule is CCCNCc1cc(C)c(OCc2cccs2)c(C)c1. The molecule has 1 aromatic heterocycles. The fraction of sp³-hybridized carbons (Fsp3) is 0.412. The van der Waals surface area contributed by atoms with Gasteiger partial charge < -0.3 is 10.1 Å². The Balaban J connectivity index is 2.02. The van der Waals surface area contributed by atoms with Gasteiger partial charge in [-0.2, -0.15) is 0 Å². The molecule has 2 nitrogen and oxygen atoms in total. The molecule has 20 heavy (non-hydrogen) atoms. The summed E-state index contributed by atoms with van der Waals surface area (Å²) in [5.41, 5.74) is 3.77. The summed E-state index contributed by atoms with van der Waals surface area (Å²) < 4.78 is 5.98. The maximum absolute atomic E-state index is 5.98. The average molecular weight is 289 g/mol. The first-order valence-corrected chi connectivity index (χ1v) is 8.04. The lowest BCUT2D eigenvalue weighted by Gasteiger charge is -2.14. The van der Waals surface area contributed by atoms with Gasteiger partial charge >= 0.3 is 0 Å². The Morgan fingerprint density at radius 1 is 1.20 bits per heavy atom. The molecule has 0 aliphatic carbocycles. The third kappa shape index (κ3) is 4.09. The molecule has 1 heterocycles. The predicted molar refractivity (Wildman–Crippen MR) is 86.6 cm³/mol. The van der Waals surface area contributed by atoms with Crippen LogP contribution < -0.4 is 10.1 Å². The number of hydrogen-bond donors (Lipinski definition) is 1. The van der Waals surface area contributed by atoms with Crippen molar-refractivity contribution in [2.75, 3.05) is 6.54 Å². The van der Waals surface area contributed by atoms with Crippen molar-refractivity contribution in [3.8, 4) is 5.75 Å². The molecule has 0 saturated carbocycles. The second kappa shape index (κ2) is 7.46. The molecule has 0 aliphatic rings. The number of benzene rings is 1. The molecule has 2 aromatic rings. The molecule has 0 spiro atoms. The van der Waals surface area contributed by atoms with Crippen LogP contribution in [0.2, 0.25) is 0 Å². The molecule has 2 rings (SSSR count). The van der Waals surface area contributed by atoms with Crippen LogP contribution >= 0.6 is 11.3 Å². The topological polar surface area (TPSA) is 21.3 Å². The highest BCUT2D eigenvalue weighted by Gasteiger charge is 2.07. The molecule has 0 atom stereocenters. The highest BCUT2D eigenvalue weighted by molar-refractivity contribution is 7.09. The largest absolute Gasteiger partial charge is 0.488 e. The van der Waals surface area contributed by atoms with Gasteiger partial charge in [0.05, 0.1) is 0 Å². The van der Waals surface area contributed by atoms with Crippen LogP contribution in [-0.4, -0.2) is 6.54 Å². The van der Waals surface area contributed by atoms with Gasteiger partial charge in [0.1, 0.15) is 12.4 Å². The second-order valence-corrected chi connectivity index (χ2v) is 6.14. The van der Waals surface area contributed by atoms with Crippen LogP contribution in [0, 0.1) is 13.8 Å². The van der Waals surface area contributed by atoms with Crippen LogP contribution in [0.3, 0.4) is 0 Å². The van der Waals surface area contributed by atoms with Crippen molar-refractivity contribution >= 4 is 11.3 Å². The molecule has 3 heteroatoms. The zero-order chi connectivity index (χ0) is 14.4. The number of nitrogens with one attached hydrogen (secondary N) is 1. The zero-order valence-corrected chi connectivity index (χ0v) is 13.3. The summed E-state index contributed by atoms with van der Waals surface area (Å²) in [5.74, 6) is 1.03. The van der Waals surface area contributed by atoms with E-state index >= 15 is 0 Å². The van der Waals surface area contributed by atoms with E-state index in [9.17, 15) is 0 Å². The molecule has 0 unspecified atom stereocenters. The first-order valence-electron chi connectivity index (χ1n) is 7.16. The molecular formula is C17H23NOS. The van der Waals surface area contributed by atoms with E-state index in [1.807, 2.05) is 0 Å². The predicted octanol–water partition coefficient (Wildman–Crippen LogP) is 4.44. The maximum atomic E-state index is 5.98. The van der Waals surface area contributed by atoms with Gasteiger partial charge in [-0.05, 0) is 54.9 Å². The Hall–Kier alpha value is -1.32. The third-order valence-electron chi connectivity index (χ3n) is 3.21. The van der Waals surface area contributed by atoms with Gasteiger partial charge in [-0.1, -0.05) is 25.1 Å². The van der Waals surface area contributed by atoms with Gasteiger partial charge in [0, 0.05) is 11.4 Å². The summed E-state index contributed by atoms with van der Waals surface area (Å²) >= 11 is 1.74. The number of aryl methyl sites for hydroxylation is 2. The summed E-state index contributed by atoms with van der Waals surface area (Å²) in [7, 11) is 0. The summed E-state index contributed by atoms with van der Waals surface area (Å²) in [6, 6.07) is 8.61. The van der Waals surface area contributed by atoms with E-state index < -0.39 is 0 Å². The molecule has 0 bridgehead atoms. The lowest BCUT2D eigenvalue weighted by atomic mass is 10.1. The van der Waals surface area contributed by atoms with Crippen molar-refractivity contribution < 1.29 is 4.74 Å². The summed E-state index contributed by atoms with van der Waals surface area (Å²) in [5, 5.41) is 5.52. The Bertz CT molecular complexity index is 511. The van der Waals surface area contributed by atoms with E-state index in [1.54, 1.807) is 11.3 Å². The van der Waals surface area contributed by atoms with Crippen LogP contribution in [0.5, 0.6) is 5.75 Å². The molecule has 1 aromatic carbocycles.